The van der Waals surface area contributed by atoms with Gasteiger partial charge in [-0.25, -0.2) is 8.42 Å². The maximum atomic E-state index is 12.5. The molecule has 6 heteroatoms. The quantitative estimate of drug-likeness (QED) is 0.871. The molecule has 0 saturated heterocycles. The third-order valence-electron chi connectivity index (χ3n) is 3.51. The molecular weight excluding hydrogens is 268 g/mol. The molecule has 2 rings (SSSR count). The van der Waals surface area contributed by atoms with Crippen molar-refractivity contribution in [1.29, 1.82) is 0 Å². The molecule has 1 aromatic rings. The van der Waals surface area contributed by atoms with E-state index in [1.54, 1.807) is 15.8 Å². The van der Waals surface area contributed by atoms with Gasteiger partial charge in [-0.1, -0.05) is 13.3 Å². The number of thiophene rings is 1. The van der Waals surface area contributed by atoms with Gasteiger partial charge in [0.15, 0.2) is 0 Å². The third kappa shape index (κ3) is 2.77. The van der Waals surface area contributed by atoms with Crippen LogP contribution in [0.15, 0.2) is 16.3 Å². The van der Waals surface area contributed by atoms with Gasteiger partial charge in [-0.2, -0.15) is 4.31 Å². The first-order chi connectivity index (χ1) is 8.57. The van der Waals surface area contributed by atoms with Crippen LogP contribution in [0.25, 0.3) is 0 Å². The Labute approximate surface area is 113 Å². The zero-order valence-corrected chi connectivity index (χ0v) is 12.3. The molecule has 0 spiro atoms. The zero-order valence-electron chi connectivity index (χ0n) is 10.6. The molecule has 0 aromatic carbocycles. The highest BCUT2D eigenvalue weighted by Gasteiger charge is 2.28. The minimum Gasteiger partial charge on any atom is -0.326 e. The van der Waals surface area contributed by atoms with Crippen molar-refractivity contribution in [3.8, 4) is 0 Å². The normalized spacial score (nSPS) is 17.1. The molecule has 1 aliphatic carbocycles. The number of sulfonamides is 1. The van der Waals surface area contributed by atoms with Crippen molar-refractivity contribution in [1.82, 2.24) is 4.31 Å². The molecule has 2 N–H and O–H groups in total. The Balaban J connectivity index is 2.16. The Morgan fingerprint density at radius 2 is 2.22 bits per heavy atom. The average molecular weight is 288 g/mol. The van der Waals surface area contributed by atoms with Gasteiger partial charge in [-0.15, -0.1) is 11.3 Å². The van der Waals surface area contributed by atoms with E-state index in [4.69, 9.17) is 5.73 Å². The first-order valence-electron chi connectivity index (χ1n) is 6.35. The van der Waals surface area contributed by atoms with E-state index >= 15 is 0 Å². The van der Waals surface area contributed by atoms with Crippen LogP contribution in [0.4, 0.5) is 0 Å². The second-order valence-electron chi connectivity index (χ2n) is 4.71. The SMILES string of the molecule is CCN(CC1CCC1)S(=O)(=O)c1csc(CN)c1. The van der Waals surface area contributed by atoms with Crippen molar-refractivity contribution in [2.75, 3.05) is 13.1 Å². The maximum Gasteiger partial charge on any atom is 0.243 e. The van der Waals surface area contributed by atoms with Gasteiger partial charge in [0, 0.05) is 29.9 Å². The number of hydrogen-bond donors (Lipinski definition) is 1. The molecule has 0 radical (unpaired) electrons. The second-order valence-corrected chi connectivity index (χ2v) is 7.64. The first kappa shape index (κ1) is 14.0. The highest BCUT2D eigenvalue weighted by Crippen LogP contribution is 2.30. The monoisotopic (exact) mass is 288 g/mol. The van der Waals surface area contributed by atoms with Crippen LogP contribution in [-0.2, 0) is 16.6 Å². The van der Waals surface area contributed by atoms with E-state index in [2.05, 4.69) is 0 Å². The number of rotatable bonds is 6. The summed E-state index contributed by atoms with van der Waals surface area (Å²) >= 11 is 1.41. The van der Waals surface area contributed by atoms with Crippen LogP contribution < -0.4 is 5.73 Å². The predicted molar refractivity (Wildman–Crippen MR) is 74.0 cm³/mol. The molecule has 0 bridgehead atoms. The molecular formula is C12H20N2O2S2. The van der Waals surface area contributed by atoms with E-state index in [9.17, 15) is 8.42 Å². The van der Waals surface area contributed by atoms with Gasteiger partial charge in [-0.3, -0.25) is 0 Å². The second kappa shape index (κ2) is 5.69. The summed E-state index contributed by atoms with van der Waals surface area (Å²) < 4.78 is 26.5. The van der Waals surface area contributed by atoms with Crippen LogP contribution in [0.3, 0.4) is 0 Å². The van der Waals surface area contributed by atoms with Crippen molar-refractivity contribution in [2.24, 2.45) is 11.7 Å². The van der Waals surface area contributed by atoms with E-state index in [0.29, 0.717) is 30.4 Å². The highest BCUT2D eigenvalue weighted by atomic mass is 32.2. The summed E-state index contributed by atoms with van der Waals surface area (Å²) in [6.45, 7) is 3.49. The fourth-order valence-corrected chi connectivity index (χ4v) is 4.78. The number of nitrogens with zero attached hydrogens (tertiary/aromatic N) is 1. The Bertz CT molecular complexity index is 492. The summed E-state index contributed by atoms with van der Waals surface area (Å²) in [5, 5.41) is 1.70. The molecule has 0 amide bonds. The molecule has 0 aliphatic heterocycles. The summed E-state index contributed by atoms with van der Waals surface area (Å²) in [7, 11) is -3.32. The fraction of sp³-hybridized carbons (Fsp3) is 0.667. The molecule has 1 saturated carbocycles. The summed E-state index contributed by atoms with van der Waals surface area (Å²) in [5.41, 5.74) is 5.53. The van der Waals surface area contributed by atoms with Gasteiger partial charge >= 0.3 is 0 Å². The lowest BCUT2D eigenvalue weighted by atomic mass is 9.85. The van der Waals surface area contributed by atoms with E-state index in [0.717, 1.165) is 17.7 Å². The maximum absolute atomic E-state index is 12.5. The minimum absolute atomic E-state index is 0.397. The van der Waals surface area contributed by atoms with Crippen molar-refractivity contribution >= 4 is 21.4 Å². The summed E-state index contributed by atoms with van der Waals surface area (Å²) in [6, 6.07) is 1.70. The lowest BCUT2D eigenvalue weighted by molar-refractivity contribution is 0.250. The molecule has 1 aliphatic rings. The van der Waals surface area contributed by atoms with Crippen molar-refractivity contribution < 1.29 is 8.42 Å². The molecule has 1 fully saturated rings. The number of hydrogen-bond acceptors (Lipinski definition) is 4. The molecule has 1 aromatic heterocycles. The Kier molecular flexibility index (Phi) is 4.42. The van der Waals surface area contributed by atoms with Gasteiger partial charge in [0.1, 0.15) is 0 Å². The van der Waals surface area contributed by atoms with Crippen LogP contribution in [0.1, 0.15) is 31.1 Å². The zero-order chi connectivity index (χ0) is 13.2. The summed E-state index contributed by atoms with van der Waals surface area (Å²) in [6.07, 6.45) is 3.55. The van der Waals surface area contributed by atoms with E-state index in [1.807, 2.05) is 6.92 Å². The van der Waals surface area contributed by atoms with Crippen LogP contribution in [0, 0.1) is 5.92 Å². The topological polar surface area (TPSA) is 63.4 Å². The smallest absolute Gasteiger partial charge is 0.243 e. The molecule has 1 heterocycles. The molecule has 4 nitrogen and oxygen atoms in total. The summed E-state index contributed by atoms with van der Waals surface area (Å²) in [5.74, 6) is 0.548. The van der Waals surface area contributed by atoms with Crippen molar-refractivity contribution in [3.05, 3.63) is 16.3 Å². The van der Waals surface area contributed by atoms with Crippen molar-refractivity contribution in [3.63, 3.8) is 0 Å². The molecule has 102 valence electrons. The Morgan fingerprint density at radius 1 is 1.50 bits per heavy atom. The minimum atomic E-state index is -3.32. The van der Waals surface area contributed by atoms with E-state index < -0.39 is 10.0 Å². The largest absolute Gasteiger partial charge is 0.326 e. The fourth-order valence-electron chi connectivity index (χ4n) is 2.11. The van der Waals surface area contributed by atoms with Gasteiger partial charge in [0.05, 0.1) is 4.90 Å². The third-order valence-corrected chi connectivity index (χ3v) is 6.53. The van der Waals surface area contributed by atoms with E-state index in [1.165, 1.54) is 17.8 Å². The van der Waals surface area contributed by atoms with Gasteiger partial charge in [0.25, 0.3) is 0 Å². The average Bonchev–Trinajstić information content (AvgIpc) is 2.76. The van der Waals surface area contributed by atoms with Gasteiger partial charge in [-0.05, 0) is 24.8 Å². The van der Waals surface area contributed by atoms with Crippen LogP contribution >= 0.6 is 11.3 Å². The lowest BCUT2D eigenvalue weighted by Crippen LogP contribution is -2.37. The molecule has 0 atom stereocenters. The van der Waals surface area contributed by atoms with Gasteiger partial charge < -0.3 is 5.73 Å². The Morgan fingerprint density at radius 3 is 2.67 bits per heavy atom. The highest BCUT2D eigenvalue weighted by molar-refractivity contribution is 7.89. The predicted octanol–water partition coefficient (Wildman–Crippen LogP) is 2.02. The number of nitrogens with two attached hydrogens (primary N) is 1. The standard InChI is InChI=1S/C12H20N2O2S2/c1-2-14(8-10-4-3-5-10)18(15,16)12-6-11(7-13)17-9-12/h6,9-10H,2-5,7-8,13H2,1H3. The lowest BCUT2D eigenvalue weighted by Gasteiger charge is -2.30. The molecule has 18 heavy (non-hydrogen) atoms. The first-order valence-corrected chi connectivity index (χ1v) is 8.67. The molecule has 0 unspecified atom stereocenters. The van der Waals surface area contributed by atoms with Crippen molar-refractivity contribution in [2.45, 2.75) is 37.6 Å². The van der Waals surface area contributed by atoms with Gasteiger partial charge in [0.2, 0.25) is 10.0 Å². The van der Waals surface area contributed by atoms with Crippen LogP contribution in [0.2, 0.25) is 0 Å². The Hall–Kier alpha value is -0.430. The summed E-state index contributed by atoms with van der Waals surface area (Å²) in [4.78, 5) is 1.31. The van der Waals surface area contributed by atoms with Crippen LogP contribution in [0.5, 0.6) is 0 Å². The van der Waals surface area contributed by atoms with E-state index in [-0.39, 0.29) is 0 Å². The van der Waals surface area contributed by atoms with Crippen LogP contribution in [-0.4, -0.2) is 25.8 Å².